The van der Waals surface area contributed by atoms with Gasteiger partial charge >= 0.3 is 10.1 Å². The molecule has 0 saturated heterocycles. The van der Waals surface area contributed by atoms with Gasteiger partial charge < -0.3 is 5.73 Å². The summed E-state index contributed by atoms with van der Waals surface area (Å²) in [5, 5.41) is -0.150. The van der Waals surface area contributed by atoms with Crippen LogP contribution in [0.15, 0.2) is 10.4 Å². The zero-order chi connectivity index (χ0) is 9.35. The summed E-state index contributed by atoms with van der Waals surface area (Å²) in [5.74, 6) is -0.824. The van der Waals surface area contributed by atoms with Crippen LogP contribution < -0.4 is 5.73 Å². The lowest BCUT2D eigenvalue weighted by Gasteiger charge is -1.85. The highest BCUT2D eigenvalue weighted by molar-refractivity contribution is 7.88. The molecule has 1 amide bonds. The van der Waals surface area contributed by atoms with Crippen LogP contribution in [0.25, 0.3) is 0 Å². The first-order valence-corrected chi connectivity index (χ1v) is 4.90. The van der Waals surface area contributed by atoms with Crippen molar-refractivity contribution in [2.45, 2.75) is 4.21 Å². The lowest BCUT2D eigenvalue weighted by Crippen LogP contribution is -2.09. The molecule has 12 heavy (non-hydrogen) atoms. The van der Waals surface area contributed by atoms with Crippen LogP contribution in [0.4, 0.5) is 0 Å². The first kappa shape index (κ1) is 9.10. The van der Waals surface area contributed by atoms with E-state index in [4.69, 9.17) is 10.3 Å². The van der Waals surface area contributed by atoms with E-state index in [1.165, 1.54) is 0 Å². The van der Waals surface area contributed by atoms with Crippen LogP contribution in [0.5, 0.6) is 0 Å². The second-order valence-electron chi connectivity index (χ2n) is 1.82. The third-order valence-electron chi connectivity index (χ3n) is 0.950. The van der Waals surface area contributed by atoms with Crippen LogP contribution in [0.2, 0.25) is 0 Å². The van der Waals surface area contributed by atoms with Gasteiger partial charge in [0.2, 0.25) is 0 Å². The minimum absolute atomic E-state index is 0.150. The lowest BCUT2D eigenvalue weighted by atomic mass is 10.7. The molecule has 0 atom stereocenters. The van der Waals surface area contributed by atoms with Crippen molar-refractivity contribution in [2.75, 3.05) is 0 Å². The van der Waals surface area contributed by atoms with Gasteiger partial charge in [0.05, 0.1) is 6.20 Å². The molecule has 1 aromatic rings. The van der Waals surface area contributed by atoms with Gasteiger partial charge in [0.15, 0.2) is 9.22 Å². The van der Waals surface area contributed by atoms with Crippen molar-refractivity contribution in [1.29, 1.82) is 0 Å². The van der Waals surface area contributed by atoms with Crippen molar-refractivity contribution < 1.29 is 17.8 Å². The number of aromatic nitrogens is 1. The predicted octanol–water partition coefficient (Wildman–Crippen LogP) is -0.511. The van der Waals surface area contributed by atoms with Crippen molar-refractivity contribution in [3.05, 3.63) is 11.2 Å². The molecule has 1 heterocycles. The van der Waals surface area contributed by atoms with E-state index in [0.29, 0.717) is 11.3 Å². The van der Waals surface area contributed by atoms with Gasteiger partial charge in [-0.3, -0.25) is 9.35 Å². The van der Waals surface area contributed by atoms with E-state index in [-0.39, 0.29) is 5.01 Å². The molecular weight excluding hydrogens is 204 g/mol. The fourth-order valence-corrected chi connectivity index (χ4v) is 1.84. The van der Waals surface area contributed by atoms with Crippen LogP contribution in [0.3, 0.4) is 0 Å². The van der Waals surface area contributed by atoms with E-state index >= 15 is 0 Å². The Hall–Kier alpha value is -0.990. The average molecular weight is 208 g/mol. The number of carbonyl (C=O) groups excluding carboxylic acids is 1. The molecule has 0 radical (unpaired) electrons. The molecule has 0 bridgehead atoms. The van der Waals surface area contributed by atoms with E-state index in [9.17, 15) is 13.2 Å². The Morgan fingerprint density at radius 3 is 2.50 bits per heavy atom. The van der Waals surface area contributed by atoms with Crippen molar-refractivity contribution in [3.8, 4) is 0 Å². The fraction of sp³-hybridized carbons (Fsp3) is 0. The van der Waals surface area contributed by atoms with Crippen LogP contribution in [0, 0.1) is 0 Å². The first-order valence-electron chi connectivity index (χ1n) is 2.64. The molecule has 66 valence electrons. The number of hydrogen-bond donors (Lipinski definition) is 2. The minimum atomic E-state index is -4.27. The molecule has 0 aliphatic rings. The third-order valence-corrected chi connectivity index (χ3v) is 3.25. The van der Waals surface area contributed by atoms with Gasteiger partial charge in [-0.2, -0.15) is 8.42 Å². The molecular formula is C4H4N2O4S2. The van der Waals surface area contributed by atoms with Crippen LogP contribution in [-0.4, -0.2) is 23.9 Å². The summed E-state index contributed by atoms with van der Waals surface area (Å²) in [6.45, 7) is 0. The van der Waals surface area contributed by atoms with Crippen LogP contribution in [0.1, 0.15) is 9.80 Å². The van der Waals surface area contributed by atoms with Gasteiger partial charge in [-0.05, 0) is 0 Å². The molecule has 3 N–H and O–H groups in total. The maximum Gasteiger partial charge on any atom is 0.305 e. The van der Waals surface area contributed by atoms with Gasteiger partial charge in [0.1, 0.15) is 0 Å². The van der Waals surface area contributed by atoms with Crippen LogP contribution >= 0.6 is 11.3 Å². The normalized spacial score (nSPS) is 11.4. The summed E-state index contributed by atoms with van der Waals surface area (Å²) in [7, 11) is -4.27. The Morgan fingerprint density at radius 2 is 2.25 bits per heavy atom. The van der Waals surface area contributed by atoms with E-state index in [1.54, 1.807) is 0 Å². The third kappa shape index (κ3) is 1.78. The predicted molar refractivity (Wildman–Crippen MR) is 40.4 cm³/mol. The van der Waals surface area contributed by atoms with Gasteiger partial charge in [0, 0.05) is 0 Å². The molecule has 6 nitrogen and oxygen atoms in total. The molecule has 0 aromatic carbocycles. The summed E-state index contributed by atoms with van der Waals surface area (Å²) in [6.07, 6.45) is 0.875. The second kappa shape index (κ2) is 2.81. The number of nitrogens with zero attached hydrogens (tertiary/aromatic N) is 1. The Bertz CT molecular complexity index is 406. The average Bonchev–Trinajstić information content (AvgIpc) is 2.30. The Kier molecular flexibility index (Phi) is 2.13. The van der Waals surface area contributed by atoms with E-state index in [1.807, 2.05) is 0 Å². The van der Waals surface area contributed by atoms with E-state index in [2.05, 4.69) is 4.98 Å². The van der Waals surface area contributed by atoms with Crippen molar-refractivity contribution in [2.24, 2.45) is 5.73 Å². The zero-order valence-electron chi connectivity index (χ0n) is 5.59. The molecule has 1 rings (SSSR count). The summed E-state index contributed by atoms with van der Waals surface area (Å²) in [5.41, 5.74) is 4.80. The van der Waals surface area contributed by atoms with E-state index in [0.717, 1.165) is 6.20 Å². The van der Waals surface area contributed by atoms with Crippen molar-refractivity contribution in [3.63, 3.8) is 0 Å². The topological polar surface area (TPSA) is 110 Å². The van der Waals surface area contributed by atoms with Gasteiger partial charge in [-0.15, -0.1) is 0 Å². The second-order valence-corrected chi connectivity index (χ2v) is 4.50. The standard InChI is InChI=1S/C4H4N2O4S2/c5-3(7)4-6-1-2(11-4)12(8,9)10/h1H,(H2,5,7)(H,8,9,10). The molecule has 0 unspecified atom stereocenters. The molecule has 0 saturated carbocycles. The van der Waals surface area contributed by atoms with Crippen LogP contribution in [-0.2, 0) is 10.1 Å². The molecule has 0 fully saturated rings. The highest BCUT2D eigenvalue weighted by Gasteiger charge is 2.16. The number of hydrogen-bond acceptors (Lipinski definition) is 5. The lowest BCUT2D eigenvalue weighted by molar-refractivity contribution is 0.1000. The number of thiazole rings is 1. The largest absolute Gasteiger partial charge is 0.364 e. The SMILES string of the molecule is NC(=O)c1ncc(S(=O)(=O)O)s1. The van der Waals surface area contributed by atoms with Crippen molar-refractivity contribution in [1.82, 2.24) is 4.98 Å². The molecule has 1 aromatic heterocycles. The number of rotatable bonds is 2. The minimum Gasteiger partial charge on any atom is -0.364 e. The highest BCUT2D eigenvalue weighted by Crippen LogP contribution is 2.17. The Morgan fingerprint density at radius 1 is 1.67 bits per heavy atom. The summed E-state index contributed by atoms with van der Waals surface area (Å²) < 4.78 is 29.0. The van der Waals surface area contributed by atoms with Gasteiger partial charge in [-0.1, -0.05) is 11.3 Å². The molecule has 0 aliphatic carbocycles. The Labute approximate surface area is 71.8 Å². The van der Waals surface area contributed by atoms with Gasteiger partial charge in [-0.25, -0.2) is 4.98 Å². The molecule has 8 heteroatoms. The molecule has 0 aliphatic heterocycles. The van der Waals surface area contributed by atoms with Crippen molar-refractivity contribution >= 4 is 27.4 Å². The number of amides is 1. The summed E-state index contributed by atoms with van der Waals surface area (Å²) in [6, 6.07) is 0. The number of carbonyl (C=O) groups is 1. The quantitative estimate of drug-likeness (QED) is 0.636. The Balaban J connectivity index is 3.17. The van der Waals surface area contributed by atoms with E-state index < -0.39 is 20.2 Å². The maximum atomic E-state index is 10.4. The number of primary amides is 1. The monoisotopic (exact) mass is 208 g/mol. The fourth-order valence-electron chi connectivity index (χ4n) is 0.492. The zero-order valence-corrected chi connectivity index (χ0v) is 7.22. The van der Waals surface area contributed by atoms with Gasteiger partial charge in [0.25, 0.3) is 5.91 Å². The summed E-state index contributed by atoms with van der Waals surface area (Å²) in [4.78, 5) is 13.8. The first-order chi connectivity index (χ1) is 5.41. The molecule has 0 spiro atoms. The smallest absolute Gasteiger partial charge is 0.305 e. The maximum absolute atomic E-state index is 10.4. The number of nitrogens with two attached hydrogens (primary N) is 1. The highest BCUT2D eigenvalue weighted by atomic mass is 32.3. The summed E-state index contributed by atoms with van der Waals surface area (Å²) >= 11 is 0.524.